The highest BCUT2D eigenvalue weighted by molar-refractivity contribution is 7.99. The maximum atomic E-state index is 12.4. The second-order valence-corrected chi connectivity index (χ2v) is 7.53. The van der Waals surface area contributed by atoms with Gasteiger partial charge in [0.15, 0.2) is 0 Å². The summed E-state index contributed by atoms with van der Waals surface area (Å²) in [7, 11) is 0. The summed E-state index contributed by atoms with van der Waals surface area (Å²) in [5, 5.41) is 2.87. The van der Waals surface area contributed by atoms with E-state index in [2.05, 4.69) is 24.1 Å². The number of likely N-dealkylation sites (tertiary alicyclic amines) is 1. The number of carbonyl (C=O) groups is 1. The molecule has 1 aliphatic rings. The van der Waals surface area contributed by atoms with Gasteiger partial charge in [-0.3, -0.25) is 9.69 Å². The third-order valence-electron chi connectivity index (χ3n) is 4.17. The van der Waals surface area contributed by atoms with E-state index in [4.69, 9.17) is 0 Å². The first-order valence-electron chi connectivity index (χ1n) is 7.95. The SMILES string of the molecule is C[C@@H]1C[C@@H](C)CN([C@@H](C)C(=O)Nc2ccc(SC(F)F)cc2)C1. The maximum Gasteiger partial charge on any atom is 0.288 e. The van der Waals surface area contributed by atoms with Crippen LogP contribution in [0.2, 0.25) is 0 Å². The zero-order valence-corrected chi connectivity index (χ0v) is 14.6. The lowest BCUT2D eigenvalue weighted by molar-refractivity contribution is -0.121. The van der Waals surface area contributed by atoms with Crippen LogP contribution in [0.15, 0.2) is 29.2 Å². The van der Waals surface area contributed by atoms with Crippen molar-refractivity contribution in [2.24, 2.45) is 11.8 Å². The average molecular weight is 342 g/mol. The molecule has 1 fully saturated rings. The smallest absolute Gasteiger partial charge is 0.288 e. The number of hydrogen-bond donors (Lipinski definition) is 1. The number of thioether (sulfide) groups is 1. The van der Waals surface area contributed by atoms with Crippen LogP contribution in [-0.4, -0.2) is 35.7 Å². The van der Waals surface area contributed by atoms with E-state index in [1.165, 1.54) is 6.42 Å². The van der Waals surface area contributed by atoms with Crippen molar-refractivity contribution >= 4 is 23.4 Å². The molecule has 3 nitrogen and oxygen atoms in total. The van der Waals surface area contributed by atoms with E-state index in [0.717, 1.165) is 13.1 Å². The Morgan fingerprint density at radius 3 is 2.30 bits per heavy atom. The maximum absolute atomic E-state index is 12.4. The van der Waals surface area contributed by atoms with Crippen molar-refractivity contribution in [1.82, 2.24) is 4.90 Å². The van der Waals surface area contributed by atoms with E-state index in [1.54, 1.807) is 24.3 Å². The molecule has 1 saturated heterocycles. The molecular formula is C17H24F2N2OS. The van der Waals surface area contributed by atoms with Gasteiger partial charge in [0.2, 0.25) is 5.91 Å². The van der Waals surface area contributed by atoms with Gasteiger partial charge in [-0.2, -0.15) is 8.78 Å². The van der Waals surface area contributed by atoms with Crippen LogP contribution in [0.3, 0.4) is 0 Å². The van der Waals surface area contributed by atoms with Crippen molar-refractivity contribution < 1.29 is 13.6 Å². The summed E-state index contributed by atoms with van der Waals surface area (Å²) in [4.78, 5) is 15.1. The molecule has 1 amide bonds. The van der Waals surface area contributed by atoms with E-state index < -0.39 is 5.76 Å². The van der Waals surface area contributed by atoms with Gasteiger partial charge in [0.25, 0.3) is 5.76 Å². The van der Waals surface area contributed by atoms with E-state index in [0.29, 0.717) is 34.2 Å². The number of benzene rings is 1. The van der Waals surface area contributed by atoms with Gasteiger partial charge in [-0.1, -0.05) is 25.6 Å². The quantitative estimate of drug-likeness (QED) is 0.810. The van der Waals surface area contributed by atoms with Crippen LogP contribution in [0.1, 0.15) is 27.2 Å². The van der Waals surface area contributed by atoms with Gasteiger partial charge >= 0.3 is 0 Å². The number of amides is 1. The molecule has 23 heavy (non-hydrogen) atoms. The second kappa shape index (κ2) is 8.11. The van der Waals surface area contributed by atoms with Crippen LogP contribution in [0.5, 0.6) is 0 Å². The van der Waals surface area contributed by atoms with Crippen molar-refractivity contribution in [1.29, 1.82) is 0 Å². The number of hydrogen-bond acceptors (Lipinski definition) is 3. The lowest BCUT2D eigenvalue weighted by atomic mass is 9.91. The lowest BCUT2D eigenvalue weighted by Crippen LogP contribution is -2.48. The first-order valence-corrected chi connectivity index (χ1v) is 8.83. The Hall–Kier alpha value is -1.14. The number of piperidine rings is 1. The molecule has 6 heteroatoms. The largest absolute Gasteiger partial charge is 0.325 e. The summed E-state index contributed by atoms with van der Waals surface area (Å²) >= 11 is 0.501. The Morgan fingerprint density at radius 1 is 1.22 bits per heavy atom. The summed E-state index contributed by atoms with van der Waals surface area (Å²) in [5.74, 6) is -1.29. The molecule has 0 aromatic heterocycles. The molecule has 1 aromatic carbocycles. The topological polar surface area (TPSA) is 32.3 Å². The highest BCUT2D eigenvalue weighted by atomic mass is 32.2. The van der Waals surface area contributed by atoms with Crippen LogP contribution >= 0.6 is 11.8 Å². The predicted molar refractivity (Wildman–Crippen MR) is 90.9 cm³/mol. The van der Waals surface area contributed by atoms with E-state index in [-0.39, 0.29) is 11.9 Å². The Balaban J connectivity index is 1.92. The number of carbonyl (C=O) groups excluding carboxylic acids is 1. The molecule has 1 heterocycles. The Morgan fingerprint density at radius 2 is 1.78 bits per heavy atom. The summed E-state index contributed by atoms with van der Waals surface area (Å²) in [6.07, 6.45) is 1.20. The minimum atomic E-state index is -2.43. The van der Waals surface area contributed by atoms with Crippen molar-refractivity contribution in [3.8, 4) is 0 Å². The minimum absolute atomic E-state index is 0.0550. The Bertz CT molecular complexity index is 514. The molecular weight excluding hydrogens is 318 g/mol. The van der Waals surface area contributed by atoms with Gasteiger partial charge in [-0.05, 0) is 49.4 Å². The van der Waals surface area contributed by atoms with E-state index in [1.807, 2.05) is 6.92 Å². The first-order chi connectivity index (χ1) is 10.8. The molecule has 2 rings (SSSR count). The molecule has 0 radical (unpaired) electrons. The molecule has 0 spiro atoms. The second-order valence-electron chi connectivity index (χ2n) is 6.47. The minimum Gasteiger partial charge on any atom is -0.325 e. The fourth-order valence-corrected chi connectivity index (χ4v) is 3.66. The van der Waals surface area contributed by atoms with Crippen LogP contribution < -0.4 is 5.32 Å². The number of rotatable bonds is 5. The van der Waals surface area contributed by atoms with Crippen LogP contribution in [-0.2, 0) is 4.79 Å². The molecule has 1 N–H and O–H groups in total. The third kappa shape index (κ3) is 5.46. The lowest BCUT2D eigenvalue weighted by Gasteiger charge is -2.38. The van der Waals surface area contributed by atoms with Crippen LogP contribution in [0.25, 0.3) is 0 Å². The summed E-state index contributed by atoms with van der Waals surface area (Å²) in [6.45, 7) is 8.21. The van der Waals surface area contributed by atoms with Gasteiger partial charge in [0.05, 0.1) is 6.04 Å². The van der Waals surface area contributed by atoms with Crippen LogP contribution in [0, 0.1) is 11.8 Å². The summed E-state index contributed by atoms with van der Waals surface area (Å²) < 4.78 is 24.6. The number of alkyl halides is 2. The van der Waals surface area contributed by atoms with Crippen LogP contribution in [0.4, 0.5) is 14.5 Å². The zero-order chi connectivity index (χ0) is 17.0. The fraction of sp³-hybridized carbons (Fsp3) is 0.588. The molecule has 0 bridgehead atoms. The number of nitrogens with one attached hydrogen (secondary N) is 1. The highest BCUT2D eigenvalue weighted by Gasteiger charge is 2.28. The highest BCUT2D eigenvalue weighted by Crippen LogP contribution is 2.26. The first kappa shape index (κ1) is 18.2. The van der Waals surface area contributed by atoms with Gasteiger partial charge in [0.1, 0.15) is 0 Å². The van der Waals surface area contributed by atoms with Crippen molar-refractivity contribution in [2.75, 3.05) is 18.4 Å². The molecule has 128 valence electrons. The fourth-order valence-electron chi connectivity index (χ4n) is 3.16. The molecule has 3 atom stereocenters. The summed E-state index contributed by atoms with van der Waals surface area (Å²) in [6, 6.07) is 6.33. The normalized spacial score (nSPS) is 23.7. The average Bonchev–Trinajstić information content (AvgIpc) is 2.47. The van der Waals surface area contributed by atoms with Crippen molar-refractivity contribution in [3.63, 3.8) is 0 Å². The van der Waals surface area contributed by atoms with E-state index in [9.17, 15) is 13.6 Å². The predicted octanol–water partition coefficient (Wildman–Crippen LogP) is 4.31. The zero-order valence-electron chi connectivity index (χ0n) is 13.8. The van der Waals surface area contributed by atoms with E-state index >= 15 is 0 Å². The molecule has 0 unspecified atom stereocenters. The monoisotopic (exact) mass is 342 g/mol. The number of halogens is 2. The number of anilines is 1. The van der Waals surface area contributed by atoms with Gasteiger partial charge in [0, 0.05) is 23.7 Å². The van der Waals surface area contributed by atoms with Gasteiger partial charge in [-0.25, -0.2) is 0 Å². The van der Waals surface area contributed by atoms with Gasteiger partial charge in [-0.15, -0.1) is 0 Å². The Kier molecular flexibility index (Phi) is 6.41. The standard InChI is InChI=1S/C17H24F2N2OS/c1-11-8-12(2)10-21(9-11)13(3)16(22)20-14-4-6-15(7-5-14)23-17(18)19/h4-7,11-13,17H,8-10H2,1-3H3,(H,20,22)/t11-,12-,13+/m1/s1. The molecule has 0 aliphatic carbocycles. The Labute approximate surface area is 140 Å². The van der Waals surface area contributed by atoms with Crippen molar-refractivity contribution in [2.45, 2.75) is 43.9 Å². The summed E-state index contributed by atoms with van der Waals surface area (Å²) in [5.41, 5.74) is 0.638. The molecule has 0 saturated carbocycles. The van der Waals surface area contributed by atoms with Crippen molar-refractivity contribution in [3.05, 3.63) is 24.3 Å². The third-order valence-corrected chi connectivity index (χ3v) is 4.89. The molecule has 1 aliphatic heterocycles. The van der Waals surface area contributed by atoms with Gasteiger partial charge < -0.3 is 5.32 Å². The number of nitrogens with zero attached hydrogens (tertiary/aromatic N) is 1. The molecule has 1 aromatic rings.